The van der Waals surface area contributed by atoms with Crippen LogP contribution in [-0.2, 0) is 17.8 Å². The highest BCUT2D eigenvalue weighted by molar-refractivity contribution is 8.00. The molecule has 100 valence electrons. The van der Waals surface area contributed by atoms with Crippen molar-refractivity contribution in [1.29, 1.82) is 0 Å². The lowest BCUT2D eigenvalue weighted by Gasteiger charge is -2.12. The fourth-order valence-corrected chi connectivity index (χ4v) is 2.80. The van der Waals surface area contributed by atoms with E-state index in [1.165, 1.54) is 11.8 Å². The molecule has 1 aromatic carbocycles. The molecule has 0 fully saturated rings. The minimum Gasteiger partial charge on any atom is -0.480 e. The van der Waals surface area contributed by atoms with Crippen LogP contribution in [0, 0.1) is 0 Å². The van der Waals surface area contributed by atoms with Gasteiger partial charge in [0.15, 0.2) is 0 Å². The summed E-state index contributed by atoms with van der Waals surface area (Å²) >= 11 is 1.46. The van der Waals surface area contributed by atoms with E-state index in [4.69, 9.17) is 0 Å². The van der Waals surface area contributed by atoms with Gasteiger partial charge in [0.05, 0.1) is 0 Å². The summed E-state index contributed by atoms with van der Waals surface area (Å²) in [5.74, 6) is -0.0137. The molecule has 0 saturated carbocycles. The molecule has 2 aromatic rings. The molecule has 0 aliphatic carbocycles. The highest BCUT2D eigenvalue weighted by Crippen LogP contribution is 2.17. The first-order valence-electron chi connectivity index (χ1n) is 6.11. The Balaban J connectivity index is 1.84. The number of carboxylic acids is 1. The first kappa shape index (κ1) is 13.7. The van der Waals surface area contributed by atoms with Crippen LogP contribution < -0.4 is 0 Å². The van der Waals surface area contributed by atoms with Crippen LogP contribution in [0.5, 0.6) is 0 Å². The molecule has 0 aliphatic heterocycles. The Morgan fingerprint density at radius 2 is 2.11 bits per heavy atom. The SMILES string of the molecule is O=C(O)C(Cc1ccccc1)SCCn1cccn1. The Morgan fingerprint density at radius 1 is 1.32 bits per heavy atom. The molecule has 1 aromatic heterocycles. The number of aryl methyl sites for hydroxylation is 1. The molecule has 19 heavy (non-hydrogen) atoms. The van der Waals surface area contributed by atoms with Crippen LogP contribution in [0.25, 0.3) is 0 Å². The van der Waals surface area contributed by atoms with Crippen LogP contribution in [0.3, 0.4) is 0 Å². The van der Waals surface area contributed by atoms with Gasteiger partial charge in [-0.3, -0.25) is 9.48 Å². The zero-order chi connectivity index (χ0) is 13.5. The third-order valence-electron chi connectivity index (χ3n) is 2.74. The molecule has 0 spiro atoms. The van der Waals surface area contributed by atoms with Crippen molar-refractivity contribution in [2.45, 2.75) is 18.2 Å². The van der Waals surface area contributed by atoms with E-state index in [1.54, 1.807) is 6.20 Å². The Kier molecular flexibility index (Phi) is 5.03. The van der Waals surface area contributed by atoms with Crippen LogP contribution in [0.2, 0.25) is 0 Å². The summed E-state index contributed by atoms with van der Waals surface area (Å²) in [6.07, 6.45) is 4.16. The summed E-state index contributed by atoms with van der Waals surface area (Å²) in [6.45, 7) is 0.732. The zero-order valence-electron chi connectivity index (χ0n) is 10.5. The molecule has 1 atom stereocenters. The molecule has 0 saturated heterocycles. The number of rotatable bonds is 7. The van der Waals surface area contributed by atoms with E-state index < -0.39 is 11.2 Å². The third kappa shape index (κ3) is 4.44. The summed E-state index contributed by atoms with van der Waals surface area (Å²) in [7, 11) is 0. The molecule has 0 amide bonds. The topological polar surface area (TPSA) is 55.1 Å². The van der Waals surface area contributed by atoms with Crippen molar-refractivity contribution in [3.05, 3.63) is 54.4 Å². The smallest absolute Gasteiger partial charge is 0.316 e. The predicted octanol–water partition coefficient (Wildman–Crippen LogP) is 2.31. The van der Waals surface area contributed by atoms with Gasteiger partial charge in [0.1, 0.15) is 5.25 Å². The molecule has 1 N–H and O–H groups in total. The molecule has 0 bridgehead atoms. The van der Waals surface area contributed by atoms with E-state index in [9.17, 15) is 9.90 Å². The number of carboxylic acid groups (broad SMARTS) is 1. The van der Waals surface area contributed by atoms with Gasteiger partial charge < -0.3 is 5.11 Å². The van der Waals surface area contributed by atoms with Crippen molar-refractivity contribution in [3.63, 3.8) is 0 Å². The number of aromatic nitrogens is 2. The summed E-state index contributed by atoms with van der Waals surface area (Å²) in [4.78, 5) is 11.3. The molecule has 0 radical (unpaired) electrons. The zero-order valence-corrected chi connectivity index (χ0v) is 11.3. The number of hydrogen-bond acceptors (Lipinski definition) is 3. The highest BCUT2D eigenvalue weighted by Gasteiger charge is 2.18. The molecular formula is C14H16N2O2S. The first-order valence-corrected chi connectivity index (χ1v) is 7.16. The van der Waals surface area contributed by atoms with Gasteiger partial charge in [0.2, 0.25) is 0 Å². The Bertz CT molecular complexity index is 499. The van der Waals surface area contributed by atoms with Crippen LogP contribution >= 0.6 is 11.8 Å². The summed E-state index contributed by atoms with van der Waals surface area (Å²) in [6, 6.07) is 11.6. The lowest BCUT2D eigenvalue weighted by atomic mass is 10.1. The average molecular weight is 276 g/mol. The van der Waals surface area contributed by atoms with Gasteiger partial charge >= 0.3 is 5.97 Å². The van der Waals surface area contributed by atoms with Gasteiger partial charge in [-0.15, -0.1) is 11.8 Å². The largest absolute Gasteiger partial charge is 0.480 e. The standard InChI is InChI=1S/C14H16N2O2S/c17-14(18)13(11-12-5-2-1-3-6-12)19-10-9-16-8-4-7-15-16/h1-8,13H,9-11H2,(H,17,18). The monoisotopic (exact) mass is 276 g/mol. The minimum absolute atomic E-state index is 0.405. The van der Waals surface area contributed by atoms with Crippen molar-refractivity contribution < 1.29 is 9.90 Å². The number of carbonyl (C=O) groups is 1. The lowest BCUT2D eigenvalue weighted by Crippen LogP contribution is -2.20. The van der Waals surface area contributed by atoms with E-state index in [1.807, 2.05) is 47.3 Å². The molecule has 1 unspecified atom stereocenters. The normalized spacial score (nSPS) is 12.2. The third-order valence-corrected chi connectivity index (χ3v) is 3.93. The van der Waals surface area contributed by atoms with Crippen LogP contribution in [0.4, 0.5) is 0 Å². The van der Waals surface area contributed by atoms with Gasteiger partial charge in [-0.1, -0.05) is 30.3 Å². The van der Waals surface area contributed by atoms with E-state index in [2.05, 4.69) is 5.10 Å². The first-order chi connectivity index (χ1) is 9.25. The number of aliphatic carboxylic acids is 1. The van der Waals surface area contributed by atoms with Crippen LogP contribution in [0.15, 0.2) is 48.8 Å². The Labute approximate surface area is 116 Å². The van der Waals surface area contributed by atoms with E-state index in [0.717, 1.165) is 17.9 Å². The summed E-state index contributed by atoms with van der Waals surface area (Å²) in [5.41, 5.74) is 1.06. The minimum atomic E-state index is -0.755. The van der Waals surface area contributed by atoms with E-state index in [0.29, 0.717) is 6.42 Å². The maximum Gasteiger partial charge on any atom is 0.316 e. The van der Waals surface area contributed by atoms with Crippen molar-refractivity contribution in [2.24, 2.45) is 0 Å². The Hall–Kier alpha value is -1.75. The van der Waals surface area contributed by atoms with Crippen molar-refractivity contribution in [3.8, 4) is 0 Å². The molecule has 2 rings (SSSR count). The molecule has 5 heteroatoms. The lowest BCUT2D eigenvalue weighted by molar-refractivity contribution is -0.136. The number of hydrogen-bond donors (Lipinski definition) is 1. The van der Waals surface area contributed by atoms with Gasteiger partial charge in [0.25, 0.3) is 0 Å². The Morgan fingerprint density at radius 3 is 2.74 bits per heavy atom. The average Bonchev–Trinajstić information content (AvgIpc) is 2.92. The molecule has 4 nitrogen and oxygen atoms in total. The number of thioether (sulfide) groups is 1. The van der Waals surface area contributed by atoms with Gasteiger partial charge in [-0.2, -0.15) is 5.10 Å². The summed E-state index contributed by atoms with van der Waals surface area (Å²) in [5, 5.41) is 12.9. The fourth-order valence-electron chi connectivity index (χ4n) is 1.77. The van der Waals surface area contributed by atoms with Crippen molar-refractivity contribution in [1.82, 2.24) is 9.78 Å². The predicted molar refractivity (Wildman–Crippen MR) is 76.3 cm³/mol. The number of nitrogens with zero attached hydrogens (tertiary/aromatic N) is 2. The van der Waals surface area contributed by atoms with Crippen LogP contribution in [0.1, 0.15) is 5.56 Å². The maximum absolute atomic E-state index is 11.3. The summed E-state index contributed by atoms with van der Waals surface area (Å²) < 4.78 is 1.81. The maximum atomic E-state index is 11.3. The molecule has 1 heterocycles. The van der Waals surface area contributed by atoms with E-state index >= 15 is 0 Å². The second-order valence-corrected chi connectivity index (χ2v) is 5.47. The van der Waals surface area contributed by atoms with Crippen molar-refractivity contribution >= 4 is 17.7 Å². The van der Waals surface area contributed by atoms with Gasteiger partial charge in [0, 0.05) is 24.7 Å². The van der Waals surface area contributed by atoms with E-state index in [-0.39, 0.29) is 0 Å². The quantitative estimate of drug-likeness (QED) is 0.843. The van der Waals surface area contributed by atoms with Gasteiger partial charge in [-0.25, -0.2) is 0 Å². The highest BCUT2D eigenvalue weighted by atomic mass is 32.2. The molecule has 0 aliphatic rings. The number of benzene rings is 1. The second-order valence-electron chi connectivity index (χ2n) is 4.16. The van der Waals surface area contributed by atoms with Crippen LogP contribution in [-0.4, -0.2) is 31.9 Å². The second kappa shape index (κ2) is 6.99. The van der Waals surface area contributed by atoms with Gasteiger partial charge in [-0.05, 0) is 18.1 Å². The van der Waals surface area contributed by atoms with Crippen molar-refractivity contribution in [2.75, 3.05) is 5.75 Å². The fraction of sp³-hybridized carbons (Fsp3) is 0.286. The molecular weight excluding hydrogens is 260 g/mol.